The largest absolute Gasteiger partial charge is 0.497 e. The van der Waals surface area contributed by atoms with Crippen molar-refractivity contribution in [1.29, 1.82) is 0 Å². The molecule has 0 radical (unpaired) electrons. The van der Waals surface area contributed by atoms with Gasteiger partial charge in [-0.25, -0.2) is 0 Å². The van der Waals surface area contributed by atoms with Crippen LogP contribution in [0.3, 0.4) is 0 Å². The maximum absolute atomic E-state index is 13.5. The number of anilines is 1. The number of ether oxygens (including phenoxy) is 2. The summed E-state index contributed by atoms with van der Waals surface area (Å²) in [7, 11) is 1.63. The standard InChI is InChI=1S/C29H30N4O3/c1-35-26-12-10-24(11-13-26)28-27(21-33(31-28)20-22-6-3-2-4-7-22)29(34)30-25-9-5-8-23(18-25)19-32-14-16-36-17-15-32/h2-13,18,21H,14-17,19-20H2,1H3,(H,30,34). The minimum atomic E-state index is -0.191. The Morgan fingerprint density at radius 1 is 0.944 bits per heavy atom. The molecule has 1 aliphatic rings. The second-order valence-corrected chi connectivity index (χ2v) is 8.85. The molecule has 1 saturated heterocycles. The Kier molecular flexibility index (Phi) is 7.40. The van der Waals surface area contributed by atoms with Gasteiger partial charge < -0.3 is 14.8 Å². The minimum Gasteiger partial charge on any atom is -0.497 e. The zero-order chi connectivity index (χ0) is 24.7. The number of amides is 1. The van der Waals surface area contributed by atoms with Crippen LogP contribution in [0.1, 0.15) is 21.5 Å². The highest BCUT2D eigenvalue weighted by Crippen LogP contribution is 2.26. The lowest BCUT2D eigenvalue weighted by Crippen LogP contribution is -2.35. The summed E-state index contributed by atoms with van der Waals surface area (Å²) in [6, 6.07) is 25.7. The van der Waals surface area contributed by atoms with Gasteiger partial charge >= 0.3 is 0 Å². The van der Waals surface area contributed by atoms with Gasteiger partial charge in [0.25, 0.3) is 5.91 Å². The lowest BCUT2D eigenvalue weighted by molar-refractivity contribution is 0.0342. The van der Waals surface area contributed by atoms with E-state index in [4.69, 9.17) is 14.6 Å². The van der Waals surface area contributed by atoms with Gasteiger partial charge in [-0.1, -0.05) is 42.5 Å². The van der Waals surface area contributed by atoms with Gasteiger partial charge in [-0.15, -0.1) is 0 Å². The molecule has 0 spiro atoms. The molecule has 5 rings (SSSR count). The Morgan fingerprint density at radius 2 is 1.69 bits per heavy atom. The normalized spacial score (nSPS) is 13.9. The van der Waals surface area contributed by atoms with Gasteiger partial charge in [0, 0.05) is 37.1 Å². The number of methoxy groups -OCH3 is 1. The Labute approximate surface area is 211 Å². The number of aromatic nitrogens is 2. The van der Waals surface area contributed by atoms with Crippen molar-refractivity contribution in [1.82, 2.24) is 14.7 Å². The first-order valence-electron chi connectivity index (χ1n) is 12.1. The predicted molar refractivity (Wildman–Crippen MR) is 140 cm³/mol. The molecule has 7 nitrogen and oxygen atoms in total. The molecule has 1 aliphatic heterocycles. The summed E-state index contributed by atoms with van der Waals surface area (Å²) in [5, 5.41) is 7.87. The molecule has 184 valence electrons. The summed E-state index contributed by atoms with van der Waals surface area (Å²) in [6.45, 7) is 4.77. The van der Waals surface area contributed by atoms with E-state index in [-0.39, 0.29) is 5.91 Å². The van der Waals surface area contributed by atoms with Crippen LogP contribution in [0.15, 0.2) is 85.1 Å². The monoisotopic (exact) mass is 482 g/mol. The zero-order valence-corrected chi connectivity index (χ0v) is 20.4. The van der Waals surface area contributed by atoms with Crippen molar-refractivity contribution in [2.75, 3.05) is 38.7 Å². The number of benzene rings is 3. The van der Waals surface area contributed by atoms with Crippen LogP contribution in [0.25, 0.3) is 11.3 Å². The fourth-order valence-corrected chi connectivity index (χ4v) is 4.36. The molecule has 0 bridgehead atoms. The van der Waals surface area contributed by atoms with Crippen LogP contribution < -0.4 is 10.1 Å². The van der Waals surface area contributed by atoms with Gasteiger partial charge in [0.2, 0.25) is 0 Å². The van der Waals surface area contributed by atoms with Gasteiger partial charge in [-0.05, 0) is 47.5 Å². The Morgan fingerprint density at radius 3 is 2.44 bits per heavy atom. The first-order chi connectivity index (χ1) is 17.7. The highest BCUT2D eigenvalue weighted by Gasteiger charge is 2.19. The molecular formula is C29H30N4O3. The lowest BCUT2D eigenvalue weighted by atomic mass is 10.1. The molecule has 1 fully saturated rings. The molecule has 3 aromatic carbocycles. The average molecular weight is 483 g/mol. The molecule has 0 atom stereocenters. The molecule has 0 saturated carbocycles. The molecule has 1 aromatic heterocycles. The van der Waals surface area contributed by atoms with Crippen LogP contribution in [0.4, 0.5) is 5.69 Å². The predicted octanol–water partition coefficient (Wildman–Crippen LogP) is 4.69. The fourth-order valence-electron chi connectivity index (χ4n) is 4.36. The minimum absolute atomic E-state index is 0.191. The smallest absolute Gasteiger partial charge is 0.259 e. The molecule has 7 heteroatoms. The van der Waals surface area contributed by atoms with Crippen LogP contribution in [0, 0.1) is 0 Å². The summed E-state index contributed by atoms with van der Waals surface area (Å²) < 4.78 is 12.6. The van der Waals surface area contributed by atoms with Crippen LogP contribution in [0.5, 0.6) is 5.75 Å². The number of morpholine rings is 1. The van der Waals surface area contributed by atoms with E-state index in [0.717, 1.165) is 61.0 Å². The van der Waals surface area contributed by atoms with Gasteiger partial charge in [-0.3, -0.25) is 14.4 Å². The van der Waals surface area contributed by atoms with E-state index in [2.05, 4.69) is 28.4 Å². The van der Waals surface area contributed by atoms with Crippen molar-refractivity contribution in [2.24, 2.45) is 0 Å². The second kappa shape index (κ2) is 11.2. The molecule has 4 aromatic rings. The molecule has 0 aliphatic carbocycles. The first kappa shape index (κ1) is 23.8. The van der Waals surface area contributed by atoms with Gasteiger partial charge in [0.15, 0.2) is 0 Å². The summed E-state index contributed by atoms with van der Waals surface area (Å²) >= 11 is 0. The summed E-state index contributed by atoms with van der Waals surface area (Å²) in [5.41, 5.74) is 5.05. The lowest BCUT2D eigenvalue weighted by Gasteiger charge is -2.26. The first-order valence-corrected chi connectivity index (χ1v) is 12.1. The van der Waals surface area contributed by atoms with E-state index < -0.39 is 0 Å². The summed E-state index contributed by atoms with van der Waals surface area (Å²) in [4.78, 5) is 15.8. The Balaban J connectivity index is 1.39. The number of rotatable bonds is 8. The number of nitrogens with one attached hydrogen (secondary N) is 1. The van der Waals surface area contributed by atoms with Crippen LogP contribution in [-0.4, -0.2) is 54.0 Å². The highest BCUT2D eigenvalue weighted by molar-refractivity contribution is 6.08. The van der Waals surface area contributed by atoms with Crippen molar-refractivity contribution < 1.29 is 14.3 Å². The van der Waals surface area contributed by atoms with E-state index in [0.29, 0.717) is 17.8 Å². The summed E-state index contributed by atoms with van der Waals surface area (Å²) in [5.74, 6) is 0.564. The third-order valence-corrected chi connectivity index (χ3v) is 6.25. The van der Waals surface area contributed by atoms with Gasteiger partial charge in [0.1, 0.15) is 11.4 Å². The van der Waals surface area contributed by atoms with E-state index in [1.165, 1.54) is 0 Å². The molecular weight excluding hydrogens is 452 g/mol. The van der Waals surface area contributed by atoms with Crippen molar-refractivity contribution in [3.63, 3.8) is 0 Å². The quantitative estimate of drug-likeness (QED) is 0.395. The van der Waals surface area contributed by atoms with Crippen LogP contribution in [-0.2, 0) is 17.8 Å². The number of carbonyl (C=O) groups excluding carboxylic acids is 1. The molecule has 36 heavy (non-hydrogen) atoms. The van der Waals surface area contributed by atoms with E-state index in [9.17, 15) is 4.79 Å². The maximum atomic E-state index is 13.5. The van der Waals surface area contributed by atoms with E-state index in [1.54, 1.807) is 7.11 Å². The zero-order valence-electron chi connectivity index (χ0n) is 20.4. The SMILES string of the molecule is COc1ccc(-c2nn(Cc3ccccc3)cc2C(=O)Nc2cccc(CN3CCOCC3)c2)cc1. The molecule has 0 unspecified atom stereocenters. The number of nitrogens with zero attached hydrogens (tertiary/aromatic N) is 3. The van der Waals surface area contributed by atoms with Gasteiger partial charge in [0.05, 0.1) is 32.4 Å². The van der Waals surface area contributed by atoms with Gasteiger partial charge in [-0.2, -0.15) is 5.10 Å². The fraction of sp³-hybridized carbons (Fsp3) is 0.241. The average Bonchev–Trinajstić information content (AvgIpc) is 3.34. The van der Waals surface area contributed by atoms with Crippen LogP contribution in [0.2, 0.25) is 0 Å². The molecule has 1 N–H and O–H groups in total. The number of hydrogen-bond donors (Lipinski definition) is 1. The second-order valence-electron chi connectivity index (χ2n) is 8.85. The summed E-state index contributed by atoms with van der Waals surface area (Å²) in [6.07, 6.45) is 1.82. The highest BCUT2D eigenvalue weighted by atomic mass is 16.5. The molecule has 1 amide bonds. The number of hydrogen-bond acceptors (Lipinski definition) is 5. The van der Waals surface area contributed by atoms with E-state index >= 15 is 0 Å². The van der Waals surface area contributed by atoms with Crippen molar-refractivity contribution in [2.45, 2.75) is 13.1 Å². The number of carbonyl (C=O) groups is 1. The third kappa shape index (κ3) is 5.82. The topological polar surface area (TPSA) is 68.6 Å². The maximum Gasteiger partial charge on any atom is 0.259 e. The van der Waals surface area contributed by atoms with Crippen molar-refractivity contribution in [3.05, 3.63) is 102 Å². The Hall–Kier alpha value is -3.94. The Bertz CT molecular complexity index is 1300. The van der Waals surface area contributed by atoms with Crippen molar-refractivity contribution in [3.8, 4) is 17.0 Å². The van der Waals surface area contributed by atoms with Crippen LogP contribution >= 0.6 is 0 Å². The third-order valence-electron chi connectivity index (χ3n) is 6.25. The molecule has 2 heterocycles. The van der Waals surface area contributed by atoms with E-state index in [1.807, 2.05) is 71.5 Å². The van der Waals surface area contributed by atoms with Crippen molar-refractivity contribution >= 4 is 11.6 Å².